The minimum atomic E-state index is -0.892. The van der Waals surface area contributed by atoms with Gasteiger partial charge >= 0.3 is 35.5 Å². The number of unbranched alkanes of at least 4 members (excludes halogenated alkanes) is 12. The molecule has 0 heterocycles. The Labute approximate surface area is 215 Å². The summed E-state index contributed by atoms with van der Waals surface area (Å²) in [5.74, 6) is -0.892. The molecule has 0 aliphatic rings. The summed E-state index contributed by atoms with van der Waals surface area (Å²) >= 11 is 0. The molecule has 1 atom stereocenters. The zero-order chi connectivity index (χ0) is 22.9. The van der Waals surface area contributed by atoms with E-state index in [2.05, 4.69) is 26.0 Å². The van der Waals surface area contributed by atoms with Crippen molar-refractivity contribution in [2.45, 2.75) is 122 Å². The molecule has 6 N–H and O–H groups in total. The number of carboxylic acids is 1. The van der Waals surface area contributed by atoms with E-state index in [1.54, 1.807) is 0 Å². The van der Waals surface area contributed by atoms with Gasteiger partial charge in [-0.05, 0) is 38.5 Å². The zero-order valence-corrected chi connectivity index (χ0v) is 22.8. The molecule has 0 saturated carbocycles. The summed E-state index contributed by atoms with van der Waals surface area (Å²) in [6.45, 7) is 6.29. The first kappa shape index (κ1) is 35.7. The maximum absolute atomic E-state index is 10.2. The number of hydrogen-bond acceptors (Lipinski definition) is 4. The number of rotatable bonds is 20. The first-order chi connectivity index (χ1) is 14.5. The summed E-state index contributed by atoms with van der Waals surface area (Å²) in [4.78, 5) is 10.2. The Balaban J connectivity index is -0.000000528. The minimum Gasteiger partial charge on any atom is -0.481 e. The molecule has 0 amide bonds. The summed E-state index contributed by atoms with van der Waals surface area (Å²) in [5.41, 5.74) is 10.3. The van der Waals surface area contributed by atoms with Gasteiger partial charge in [0, 0.05) is 25.1 Å². The maximum Gasteiger partial charge on any atom is 1.00 e. The van der Waals surface area contributed by atoms with Gasteiger partial charge in [-0.25, -0.2) is 0 Å². The van der Waals surface area contributed by atoms with E-state index in [9.17, 15) is 4.79 Å². The molecule has 31 heavy (non-hydrogen) atoms. The standard InChI is InChI=1S/C18H35.C7H16N2O3.Na/c1-3-5-7-9-11-13-15-17-18-16-14-12-10-8-6-4-2;8-5-7(9,3-4-10)2-1-6(11)12;/h17-18H,1,3-16H2,2H3;10H,1-5,8-9H2,(H,11,12);/q-1;;+1/b18-17-;;. The van der Waals surface area contributed by atoms with Crippen LogP contribution in [0, 0.1) is 6.92 Å². The molecule has 5 nitrogen and oxygen atoms in total. The minimum absolute atomic E-state index is 0. The third kappa shape index (κ3) is 30.1. The molecular weight excluding hydrogens is 399 g/mol. The van der Waals surface area contributed by atoms with Crippen LogP contribution in [-0.2, 0) is 4.79 Å². The summed E-state index contributed by atoms with van der Waals surface area (Å²) < 4.78 is 0. The Hall–Kier alpha value is 0.0900. The van der Waals surface area contributed by atoms with E-state index in [0.717, 1.165) is 6.42 Å². The van der Waals surface area contributed by atoms with Crippen molar-refractivity contribution in [2.75, 3.05) is 13.2 Å². The maximum atomic E-state index is 10.2. The molecule has 0 radical (unpaired) electrons. The van der Waals surface area contributed by atoms with Gasteiger partial charge in [0.25, 0.3) is 0 Å². The molecule has 0 aromatic carbocycles. The van der Waals surface area contributed by atoms with E-state index in [1.165, 1.54) is 83.5 Å². The van der Waals surface area contributed by atoms with Crippen molar-refractivity contribution in [2.24, 2.45) is 11.5 Å². The van der Waals surface area contributed by atoms with E-state index < -0.39 is 11.5 Å². The van der Waals surface area contributed by atoms with Crippen molar-refractivity contribution in [3.63, 3.8) is 0 Å². The fourth-order valence-corrected chi connectivity index (χ4v) is 3.16. The number of carboxylic acid groups (broad SMARTS) is 1. The molecule has 0 spiro atoms. The summed E-state index contributed by atoms with van der Waals surface area (Å²) in [6, 6.07) is 0. The molecule has 1 unspecified atom stereocenters. The monoisotopic (exact) mass is 450 g/mol. The average molecular weight is 451 g/mol. The SMILES string of the molecule is NCC(N)(CCO)CCC(=O)O.[CH2-]CCCCCCC/C=C\CCCCCCCC.[Na+]. The van der Waals surface area contributed by atoms with Gasteiger partial charge in [-0.2, -0.15) is 6.42 Å². The molecule has 0 aromatic rings. The number of hydrogen-bond donors (Lipinski definition) is 4. The first-order valence-corrected chi connectivity index (χ1v) is 12.2. The van der Waals surface area contributed by atoms with Crippen LogP contribution in [0.4, 0.5) is 0 Å². The second-order valence-electron chi connectivity index (χ2n) is 8.37. The van der Waals surface area contributed by atoms with Crippen LogP contribution < -0.4 is 41.0 Å². The van der Waals surface area contributed by atoms with Crippen molar-refractivity contribution in [3.05, 3.63) is 19.1 Å². The van der Waals surface area contributed by atoms with Crippen molar-refractivity contribution < 1.29 is 44.6 Å². The summed E-state index contributed by atoms with van der Waals surface area (Å²) in [7, 11) is 0. The largest absolute Gasteiger partial charge is 1.00 e. The number of carbonyl (C=O) groups is 1. The van der Waals surface area contributed by atoms with E-state index in [4.69, 9.17) is 21.7 Å². The van der Waals surface area contributed by atoms with Crippen molar-refractivity contribution in [1.82, 2.24) is 0 Å². The van der Waals surface area contributed by atoms with Gasteiger partial charge in [0.05, 0.1) is 0 Å². The molecule has 6 heteroatoms. The number of nitrogens with two attached hydrogens (primary N) is 2. The van der Waals surface area contributed by atoms with Crippen LogP contribution in [0.15, 0.2) is 12.2 Å². The number of aliphatic carboxylic acids is 1. The van der Waals surface area contributed by atoms with Crippen molar-refractivity contribution in [1.29, 1.82) is 0 Å². The fraction of sp³-hybridized carbons (Fsp3) is 0.840. The Morgan fingerprint density at radius 1 is 0.903 bits per heavy atom. The predicted octanol–water partition coefficient (Wildman–Crippen LogP) is 2.75. The van der Waals surface area contributed by atoms with Gasteiger partial charge in [-0.3, -0.25) is 4.79 Å². The molecule has 0 rings (SSSR count). The molecule has 0 saturated heterocycles. The average Bonchev–Trinajstić information content (AvgIpc) is 2.73. The zero-order valence-electron chi connectivity index (χ0n) is 20.8. The molecule has 0 aliphatic carbocycles. The van der Waals surface area contributed by atoms with Gasteiger partial charge in [-0.15, -0.1) is 0 Å². The smallest absolute Gasteiger partial charge is 0.481 e. The van der Waals surface area contributed by atoms with Crippen LogP contribution >= 0.6 is 0 Å². The molecule has 0 aromatic heterocycles. The van der Waals surface area contributed by atoms with Gasteiger partial charge in [-0.1, -0.05) is 76.9 Å². The van der Waals surface area contributed by atoms with E-state index in [1.807, 2.05) is 0 Å². The van der Waals surface area contributed by atoms with Crippen LogP contribution in [0.2, 0.25) is 0 Å². The number of allylic oxidation sites excluding steroid dienone is 2. The van der Waals surface area contributed by atoms with Crippen LogP contribution in [0.25, 0.3) is 0 Å². The fourth-order valence-electron chi connectivity index (χ4n) is 3.16. The van der Waals surface area contributed by atoms with Gasteiger partial charge in [0.15, 0.2) is 0 Å². The van der Waals surface area contributed by atoms with Crippen LogP contribution in [0.3, 0.4) is 0 Å². The second-order valence-corrected chi connectivity index (χ2v) is 8.37. The number of aliphatic hydroxyl groups is 1. The number of aliphatic hydroxyl groups excluding tert-OH is 1. The van der Waals surface area contributed by atoms with Crippen molar-refractivity contribution in [3.8, 4) is 0 Å². The summed E-state index contributed by atoms with van der Waals surface area (Å²) in [5, 5.41) is 17.0. The van der Waals surface area contributed by atoms with Crippen LogP contribution in [0.1, 0.15) is 116 Å². The quantitative estimate of drug-likeness (QED) is 0.0987. The first-order valence-electron chi connectivity index (χ1n) is 12.2. The predicted molar refractivity (Wildman–Crippen MR) is 129 cm³/mol. The molecule has 180 valence electrons. The van der Waals surface area contributed by atoms with E-state index >= 15 is 0 Å². The van der Waals surface area contributed by atoms with Crippen molar-refractivity contribution >= 4 is 5.97 Å². The topological polar surface area (TPSA) is 110 Å². The molecule has 0 bridgehead atoms. The van der Waals surface area contributed by atoms with Gasteiger partial charge in [0.2, 0.25) is 0 Å². The van der Waals surface area contributed by atoms with E-state index in [-0.39, 0.29) is 49.1 Å². The third-order valence-electron chi connectivity index (χ3n) is 5.36. The Bertz CT molecular complexity index is 377. The Morgan fingerprint density at radius 3 is 1.81 bits per heavy atom. The van der Waals surface area contributed by atoms with Crippen LogP contribution in [-0.4, -0.2) is 34.9 Å². The van der Waals surface area contributed by atoms with E-state index in [0.29, 0.717) is 12.8 Å². The second kappa shape index (κ2) is 28.1. The third-order valence-corrected chi connectivity index (χ3v) is 5.36. The molecule has 0 fully saturated rings. The Kier molecular flexibility index (Phi) is 32.4. The van der Waals surface area contributed by atoms with Crippen LogP contribution in [0.5, 0.6) is 0 Å². The normalized spacial score (nSPS) is 12.7. The Morgan fingerprint density at radius 2 is 1.39 bits per heavy atom. The summed E-state index contributed by atoms with van der Waals surface area (Å²) in [6.07, 6.45) is 24.5. The van der Waals surface area contributed by atoms with Gasteiger partial charge < -0.3 is 28.6 Å². The molecular formula is C25H51N2NaO3. The molecule has 0 aliphatic heterocycles. The van der Waals surface area contributed by atoms with Gasteiger partial charge in [0.1, 0.15) is 0 Å².